The van der Waals surface area contributed by atoms with Crippen molar-refractivity contribution in [2.45, 2.75) is 18.5 Å². The third-order valence-electron chi connectivity index (χ3n) is 4.51. The van der Waals surface area contributed by atoms with Crippen molar-refractivity contribution >= 4 is 23.4 Å². The molecule has 0 N–H and O–H groups in total. The molecule has 7 nitrogen and oxygen atoms in total. The molecule has 0 unspecified atom stereocenters. The minimum absolute atomic E-state index is 0.0283. The normalized spacial score (nSPS) is 13.4. The van der Waals surface area contributed by atoms with Crippen molar-refractivity contribution in [2.75, 3.05) is 24.9 Å². The molecular formula is C20H19N3O4S. The maximum atomic E-state index is 12.5. The molecular weight excluding hydrogens is 378 g/mol. The Kier molecular flexibility index (Phi) is 4.95. The first-order valence-electron chi connectivity index (χ1n) is 8.67. The third-order valence-corrected chi connectivity index (χ3v) is 5.49. The molecule has 1 aliphatic rings. The Labute approximate surface area is 166 Å². The van der Waals surface area contributed by atoms with Gasteiger partial charge in [-0.1, -0.05) is 11.8 Å². The van der Waals surface area contributed by atoms with Crippen molar-refractivity contribution < 1.29 is 18.7 Å². The number of thioether (sulfide) groups is 1. The lowest BCUT2D eigenvalue weighted by molar-refractivity contribution is -0.116. The lowest BCUT2D eigenvalue weighted by Crippen LogP contribution is -2.35. The lowest BCUT2D eigenvalue weighted by Gasteiger charge is -2.27. The predicted octanol–water partition coefficient (Wildman–Crippen LogP) is 3.70. The number of anilines is 1. The zero-order valence-electron chi connectivity index (χ0n) is 15.8. The maximum absolute atomic E-state index is 12.5. The van der Waals surface area contributed by atoms with Crippen LogP contribution in [0.5, 0.6) is 11.5 Å². The van der Waals surface area contributed by atoms with Crippen molar-refractivity contribution in [3.05, 3.63) is 48.0 Å². The van der Waals surface area contributed by atoms with Crippen LogP contribution in [0.15, 0.2) is 46.0 Å². The predicted molar refractivity (Wildman–Crippen MR) is 106 cm³/mol. The molecule has 1 amide bonds. The highest BCUT2D eigenvalue weighted by Gasteiger charge is 2.27. The molecule has 0 saturated carbocycles. The molecule has 0 atom stereocenters. The second kappa shape index (κ2) is 7.55. The van der Waals surface area contributed by atoms with E-state index in [1.165, 1.54) is 11.8 Å². The molecule has 0 fully saturated rings. The summed E-state index contributed by atoms with van der Waals surface area (Å²) in [5, 5.41) is 0.850. The van der Waals surface area contributed by atoms with Gasteiger partial charge in [-0.25, -0.2) is 9.97 Å². The first kappa shape index (κ1) is 18.4. The molecule has 4 rings (SSSR count). The Morgan fingerprint density at radius 1 is 1.21 bits per heavy atom. The minimum Gasteiger partial charge on any atom is -0.493 e. The maximum Gasteiger partial charge on any atom is 0.237 e. The van der Waals surface area contributed by atoms with E-state index < -0.39 is 0 Å². The number of nitrogens with zero attached hydrogens (tertiary/aromatic N) is 3. The van der Waals surface area contributed by atoms with Crippen molar-refractivity contribution in [1.29, 1.82) is 0 Å². The van der Waals surface area contributed by atoms with Crippen LogP contribution >= 0.6 is 11.8 Å². The first-order chi connectivity index (χ1) is 13.6. The molecule has 0 bridgehead atoms. The van der Waals surface area contributed by atoms with Crippen molar-refractivity contribution in [1.82, 2.24) is 9.97 Å². The van der Waals surface area contributed by atoms with E-state index in [0.717, 1.165) is 16.3 Å². The summed E-state index contributed by atoms with van der Waals surface area (Å²) in [4.78, 5) is 23.2. The van der Waals surface area contributed by atoms with Crippen molar-refractivity contribution in [3.63, 3.8) is 0 Å². The zero-order valence-corrected chi connectivity index (χ0v) is 16.6. The molecule has 0 saturated heterocycles. The number of carbonyl (C=O) groups excluding carboxylic acids is 1. The molecule has 8 heteroatoms. The number of oxazole rings is 1. The van der Waals surface area contributed by atoms with Crippen LogP contribution in [-0.2, 0) is 11.3 Å². The number of hydrogen-bond acceptors (Lipinski definition) is 7. The first-order valence-corrected chi connectivity index (χ1v) is 9.66. The number of carbonyl (C=O) groups is 1. The Balaban J connectivity index is 1.65. The van der Waals surface area contributed by atoms with Gasteiger partial charge in [0.05, 0.1) is 32.2 Å². The summed E-state index contributed by atoms with van der Waals surface area (Å²) >= 11 is 1.45. The number of aryl methyl sites for hydroxylation is 1. The van der Waals surface area contributed by atoms with Gasteiger partial charge < -0.3 is 18.8 Å². The summed E-state index contributed by atoms with van der Waals surface area (Å²) in [6.45, 7) is 2.18. The van der Waals surface area contributed by atoms with E-state index in [4.69, 9.17) is 13.9 Å². The van der Waals surface area contributed by atoms with Crippen molar-refractivity contribution in [3.8, 4) is 23.0 Å². The lowest BCUT2D eigenvalue weighted by atomic mass is 10.2. The molecule has 1 aliphatic heterocycles. The van der Waals surface area contributed by atoms with E-state index >= 15 is 0 Å². The summed E-state index contributed by atoms with van der Waals surface area (Å²) in [5.41, 5.74) is 2.29. The number of ether oxygens (including phenoxy) is 2. The zero-order chi connectivity index (χ0) is 19.7. The molecule has 2 aromatic heterocycles. The van der Waals surface area contributed by atoms with Gasteiger partial charge in [-0.3, -0.25) is 4.79 Å². The van der Waals surface area contributed by atoms with E-state index in [0.29, 0.717) is 41.1 Å². The van der Waals surface area contributed by atoms with Gasteiger partial charge in [0.2, 0.25) is 11.8 Å². The molecule has 0 spiro atoms. The van der Waals surface area contributed by atoms with Crippen LogP contribution in [0.2, 0.25) is 0 Å². The number of rotatable bonds is 5. The number of benzene rings is 1. The standard InChI is InChI=1S/C20H19N3O4S/c1-12-14(10-23-15-5-4-8-21-20(15)28-11-18(23)24)22-19(27-12)13-6-7-16(25-2)17(9-13)26-3/h4-9H,10-11H2,1-3H3. The number of amides is 1. The van der Waals surface area contributed by atoms with Crippen molar-refractivity contribution in [2.24, 2.45) is 0 Å². The van der Waals surface area contributed by atoms with Gasteiger partial charge in [0.15, 0.2) is 11.5 Å². The topological polar surface area (TPSA) is 77.7 Å². The Bertz CT molecular complexity index is 1030. The van der Waals surface area contributed by atoms with E-state index in [9.17, 15) is 4.79 Å². The van der Waals surface area contributed by atoms with Crippen LogP contribution in [0.25, 0.3) is 11.5 Å². The second-order valence-corrected chi connectivity index (χ2v) is 7.15. The van der Waals surface area contributed by atoms with Crippen LogP contribution in [0.1, 0.15) is 11.5 Å². The minimum atomic E-state index is 0.0283. The second-order valence-electron chi connectivity index (χ2n) is 6.19. The monoisotopic (exact) mass is 397 g/mol. The summed E-state index contributed by atoms with van der Waals surface area (Å²) < 4.78 is 16.5. The summed E-state index contributed by atoms with van der Waals surface area (Å²) in [6, 6.07) is 9.21. The number of methoxy groups -OCH3 is 2. The van der Waals surface area contributed by atoms with Crippen LogP contribution in [0, 0.1) is 6.92 Å². The van der Waals surface area contributed by atoms with Gasteiger partial charge >= 0.3 is 0 Å². The van der Waals surface area contributed by atoms with Gasteiger partial charge in [-0.2, -0.15) is 0 Å². The van der Waals surface area contributed by atoms with Crippen LogP contribution < -0.4 is 14.4 Å². The highest BCUT2D eigenvalue weighted by atomic mass is 32.2. The number of pyridine rings is 1. The van der Waals surface area contributed by atoms with E-state index in [2.05, 4.69) is 9.97 Å². The van der Waals surface area contributed by atoms with Gasteiger partial charge in [0.1, 0.15) is 16.5 Å². The van der Waals surface area contributed by atoms with Crippen LogP contribution in [-0.4, -0.2) is 35.8 Å². The average molecular weight is 397 g/mol. The summed E-state index contributed by atoms with van der Waals surface area (Å²) in [6.07, 6.45) is 1.73. The van der Waals surface area contributed by atoms with Gasteiger partial charge in [-0.05, 0) is 37.3 Å². The quantitative estimate of drug-likeness (QED) is 0.649. The van der Waals surface area contributed by atoms with Gasteiger partial charge in [0, 0.05) is 11.8 Å². The average Bonchev–Trinajstić information content (AvgIpc) is 3.10. The number of fused-ring (bicyclic) bond motifs is 1. The smallest absolute Gasteiger partial charge is 0.237 e. The van der Waals surface area contributed by atoms with E-state index in [1.807, 2.05) is 31.2 Å². The molecule has 28 heavy (non-hydrogen) atoms. The highest BCUT2D eigenvalue weighted by Crippen LogP contribution is 2.36. The number of hydrogen-bond donors (Lipinski definition) is 0. The Morgan fingerprint density at radius 3 is 2.82 bits per heavy atom. The fourth-order valence-corrected chi connectivity index (χ4v) is 3.91. The molecule has 1 aromatic carbocycles. The Hall–Kier alpha value is -3.00. The molecule has 3 heterocycles. The third kappa shape index (κ3) is 3.31. The fraction of sp³-hybridized carbons (Fsp3) is 0.250. The number of aromatic nitrogens is 2. The largest absolute Gasteiger partial charge is 0.493 e. The fourth-order valence-electron chi connectivity index (χ4n) is 3.03. The highest BCUT2D eigenvalue weighted by molar-refractivity contribution is 8.00. The molecule has 0 aliphatic carbocycles. The summed E-state index contributed by atoms with van der Waals surface area (Å²) in [5.74, 6) is 2.76. The SMILES string of the molecule is COc1ccc(-c2nc(CN3C(=O)CSc4ncccc43)c(C)o2)cc1OC. The van der Waals surface area contributed by atoms with E-state index in [1.54, 1.807) is 31.4 Å². The molecule has 144 valence electrons. The molecule has 3 aromatic rings. The Morgan fingerprint density at radius 2 is 2.04 bits per heavy atom. The van der Waals surface area contributed by atoms with E-state index in [-0.39, 0.29) is 5.91 Å². The van der Waals surface area contributed by atoms with Gasteiger partial charge in [0.25, 0.3) is 0 Å². The van der Waals surface area contributed by atoms with Crippen LogP contribution in [0.3, 0.4) is 0 Å². The van der Waals surface area contributed by atoms with Crippen LogP contribution in [0.4, 0.5) is 5.69 Å². The molecule has 0 radical (unpaired) electrons. The summed E-state index contributed by atoms with van der Waals surface area (Å²) in [7, 11) is 3.17. The van der Waals surface area contributed by atoms with Gasteiger partial charge in [-0.15, -0.1) is 0 Å².